The second-order valence-corrected chi connectivity index (χ2v) is 7.08. The Morgan fingerprint density at radius 3 is 2.26 bits per heavy atom. The molecule has 0 spiro atoms. The molecule has 1 saturated carbocycles. The summed E-state index contributed by atoms with van der Waals surface area (Å²) in [6, 6.07) is 13.0. The Kier molecular flexibility index (Phi) is 5.54. The van der Waals surface area contributed by atoms with Crippen LogP contribution >= 0.6 is 0 Å². The summed E-state index contributed by atoms with van der Waals surface area (Å²) in [7, 11) is 0. The predicted molar refractivity (Wildman–Crippen MR) is 98.7 cm³/mol. The lowest BCUT2D eigenvalue weighted by molar-refractivity contribution is -0.136. The zero-order valence-electron chi connectivity index (χ0n) is 15.3. The number of rotatable bonds is 6. The highest BCUT2D eigenvalue weighted by molar-refractivity contribution is 5.99. The molecule has 27 heavy (non-hydrogen) atoms. The van der Waals surface area contributed by atoms with Gasteiger partial charge in [0.25, 0.3) is 0 Å². The van der Waals surface area contributed by atoms with E-state index in [-0.39, 0.29) is 11.9 Å². The van der Waals surface area contributed by atoms with E-state index in [2.05, 4.69) is 5.32 Å². The number of para-hydroxylation sites is 1. The summed E-state index contributed by atoms with van der Waals surface area (Å²) in [4.78, 5) is 26.9. The van der Waals surface area contributed by atoms with Crippen LogP contribution < -0.4 is 5.32 Å². The van der Waals surface area contributed by atoms with E-state index >= 15 is 0 Å². The first kappa shape index (κ1) is 19.0. The maximum Gasteiger partial charge on any atom is 0.228 e. The molecule has 1 fully saturated rings. The molecule has 1 aliphatic rings. The lowest BCUT2D eigenvalue weighted by Crippen LogP contribution is -2.38. The van der Waals surface area contributed by atoms with Crippen LogP contribution in [0.3, 0.4) is 0 Å². The van der Waals surface area contributed by atoms with Crippen LogP contribution in [0.1, 0.15) is 25.8 Å². The quantitative estimate of drug-likeness (QED) is 0.834. The number of nitrogens with one attached hydrogen (secondary N) is 1. The van der Waals surface area contributed by atoms with Crippen molar-refractivity contribution in [2.75, 3.05) is 5.32 Å². The summed E-state index contributed by atoms with van der Waals surface area (Å²) in [5.74, 6) is -3.32. The number of nitrogens with zero attached hydrogens (tertiary/aromatic N) is 1. The average molecular weight is 372 g/mol. The van der Waals surface area contributed by atoms with Crippen molar-refractivity contribution in [2.24, 2.45) is 11.8 Å². The highest BCUT2D eigenvalue weighted by Gasteiger charge is 2.50. The molecule has 1 N–H and O–H groups in total. The number of benzene rings is 2. The first-order valence-electron chi connectivity index (χ1n) is 8.97. The smallest absolute Gasteiger partial charge is 0.228 e. The first-order valence-corrected chi connectivity index (χ1v) is 8.97. The topological polar surface area (TPSA) is 49.4 Å². The van der Waals surface area contributed by atoms with Gasteiger partial charge in [-0.25, -0.2) is 8.78 Å². The van der Waals surface area contributed by atoms with Gasteiger partial charge >= 0.3 is 0 Å². The third-order valence-corrected chi connectivity index (χ3v) is 4.76. The first-order chi connectivity index (χ1) is 12.9. The minimum absolute atomic E-state index is 0.0222. The molecule has 2 atom stereocenters. The van der Waals surface area contributed by atoms with Crippen molar-refractivity contribution < 1.29 is 18.4 Å². The Morgan fingerprint density at radius 1 is 1.04 bits per heavy atom. The zero-order chi connectivity index (χ0) is 19.6. The van der Waals surface area contributed by atoms with Gasteiger partial charge in [-0.05, 0) is 38.0 Å². The summed E-state index contributed by atoms with van der Waals surface area (Å²) < 4.78 is 27.4. The van der Waals surface area contributed by atoms with E-state index in [1.807, 2.05) is 44.2 Å². The summed E-state index contributed by atoms with van der Waals surface area (Å²) in [6.45, 7) is 4.31. The Morgan fingerprint density at radius 2 is 1.67 bits per heavy atom. The predicted octanol–water partition coefficient (Wildman–Crippen LogP) is 3.98. The van der Waals surface area contributed by atoms with E-state index in [0.717, 1.165) is 17.7 Å². The molecule has 4 nitrogen and oxygen atoms in total. The van der Waals surface area contributed by atoms with Gasteiger partial charge < -0.3 is 10.2 Å². The molecule has 2 aromatic carbocycles. The number of halogens is 2. The van der Waals surface area contributed by atoms with Crippen molar-refractivity contribution in [2.45, 2.75) is 32.9 Å². The van der Waals surface area contributed by atoms with Gasteiger partial charge in [0.15, 0.2) is 0 Å². The molecular formula is C21H22F2N2O2. The monoisotopic (exact) mass is 372 g/mol. The highest BCUT2D eigenvalue weighted by atomic mass is 19.1. The van der Waals surface area contributed by atoms with Crippen LogP contribution in [0.15, 0.2) is 48.5 Å². The van der Waals surface area contributed by atoms with Gasteiger partial charge in [0, 0.05) is 12.6 Å². The number of hydrogen-bond donors (Lipinski definition) is 1. The normalized spacial score (nSPS) is 18.3. The van der Waals surface area contributed by atoms with Gasteiger partial charge in [-0.3, -0.25) is 9.59 Å². The second kappa shape index (κ2) is 7.86. The molecule has 0 aliphatic heterocycles. The SMILES string of the molecule is CC(C)N(Cc1ccccc1)C(=O)C1CC1C(=O)Nc1c(F)cccc1F. The second-order valence-electron chi connectivity index (χ2n) is 7.08. The van der Waals surface area contributed by atoms with E-state index in [4.69, 9.17) is 0 Å². The fourth-order valence-corrected chi connectivity index (χ4v) is 3.10. The summed E-state index contributed by atoms with van der Waals surface area (Å²) in [6.07, 6.45) is 0.388. The molecular weight excluding hydrogens is 350 g/mol. The Bertz CT molecular complexity index is 819. The fourth-order valence-electron chi connectivity index (χ4n) is 3.10. The lowest BCUT2D eigenvalue weighted by atomic mass is 10.1. The average Bonchev–Trinajstić information content (AvgIpc) is 3.44. The standard InChI is InChI=1S/C21H22F2N2O2/c1-13(2)25(12-14-7-4-3-5-8-14)21(27)16-11-15(16)20(26)24-19-17(22)9-6-10-18(19)23/h3-10,13,15-16H,11-12H2,1-2H3,(H,24,26). The maximum absolute atomic E-state index is 13.7. The van der Waals surface area contributed by atoms with Crippen molar-refractivity contribution in [1.82, 2.24) is 4.90 Å². The van der Waals surface area contributed by atoms with Crippen LogP contribution in [-0.2, 0) is 16.1 Å². The minimum Gasteiger partial charge on any atom is -0.336 e. The molecule has 2 amide bonds. The molecule has 0 heterocycles. The number of amides is 2. The third-order valence-electron chi connectivity index (χ3n) is 4.76. The van der Waals surface area contributed by atoms with Crippen molar-refractivity contribution in [3.05, 3.63) is 65.7 Å². The van der Waals surface area contributed by atoms with Crippen LogP contribution in [0.4, 0.5) is 14.5 Å². The van der Waals surface area contributed by atoms with Gasteiger partial charge in [0.05, 0.1) is 11.8 Å². The van der Waals surface area contributed by atoms with Crippen molar-refractivity contribution in [3.63, 3.8) is 0 Å². The molecule has 0 aromatic heterocycles. The minimum atomic E-state index is -0.834. The summed E-state index contributed by atoms with van der Waals surface area (Å²) in [5.41, 5.74) is 0.542. The molecule has 2 aromatic rings. The van der Waals surface area contributed by atoms with Crippen LogP contribution in [-0.4, -0.2) is 22.8 Å². The van der Waals surface area contributed by atoms with Crippen LogP contribution in [0, 0.1) is 23.5 Å². The van der Waals surface area contributed by atoms with Crippen LogP contribution in [0.5, 0.6) is 0 Å². The van der Waals surface area contributed by atoms with E-state index < -0.39 is 35.1 Å². The van der Waals surface area contributed by atoms with E-state index in [1.54, 1.807) is 4.90 Å². The maximum atomic E-state index is 13.7. The molecule has 1 aliphatic carbocycles. The molecule has 6 heteroatoms. The van der Waals surface area contributed by atoms with Gasteiger partial charge in [0.1, 0.15) is 17.3 Å². The molecule has 0 saturated heterocycles. The van der Waals surface area contributed by atoms with E-state index in [0.29, 0.717) is 13.0 Å². The summed E-state index contributed by atoms with van der Waals surface area (Å²) in [5, 5.41) is 2.28. The van der Waals surface area contributed by atoms with Crippen molar-refractivity contribution in [1.29, 1.82) is 0 Å². The van der Waals surface area contributed by atoms with Crippen LogP contribution in [0.2, 0.25) is 0 Å². The van der Waals surface area contributed by atoms with E-state index in [1.165, 1.54) is 6.07 Å². The largest absolute Gasteiger partial charge is 0.336 e. The Labute approximate surface area is 157 Å². The number of anilines is 1. The van der Waals surface area contributed by atoms with Gasteiger partial charge in [0.2, 0.25) is 11.8 Å². The van der Waals surface area contributed by atoms with Gasteiger partial charge in [-0.15, -0.1) is 0 Å². The van der Waals surface area contributed by atoms with Gasteiger partial charge in [-0.2, -0.15) is 0 Å². The fraction of sp³-hybridized carbons (Fsp3) is 0.333. The van der Waals surface area contributed by atoms with E-state index in [9.17, 15) is 18.4 Å². The summed E-state index contributed by atoms with van der Waals surface area (Å²) >= 11 is 0. The molecule has 0 bridgehead atoms. The highest BCUT2D eigenvalue weighted by Crippen LogP contribution is 2.41. The zero-order valence-corrected chi connectivity index (χ0v) is 15.3. The third kappa shape index (κ3) is 4.32. The van der Waals surface area contributed by atoms with Gasteiger partial charge in [-0.1, -0.05) is 36.4 Å². The number of carbonyl (C=O) groups is 2. The Hall–Kier alpha value is -2.76. The number of carbonyl (C=O) groups excluding carboxylic acids is 2. The molecule has 3 rings (SSSR count). The number of hydrogen-bond acceptors (Lipinski definition) is 2. The Balaban J connectivity index is 1.65. The molecule has 142 valence electrons. The van der Waals surface area contributed by atoms with Crippen molar-refractivity contribution >= 4 is 17.5 Å². The van der Waals surface area contributed by atoms with Crippen molar-refractivity contribution in [3.8, 4) is 0 Å². The molecule has 2 unspecified atom stereocenters. The molecule has 0 radical (unpaired) electrons. The van der Waals surface area contributed by atoms with Crippen LogP contribution in [0.25, 0.3) is 0 Å². The lowest BCUT2D eigenvalue weighted by Gasteiger charge is -2.27.